The van der Waals surface area contributed by atoms with Crippen LogP contribution in [-0.2, 0) is 5.41 Å². The minimum atomic E-state index is -2.38. The van der Waals surface area contributed by atoms with Crippen LogP contribution in [0.4, 0.5) is 8.78 Å². The van der Waals surface area contributed by atoms with E-state index in [9.17, 15) is 8.78 Å². The molecule has 0 saturated heterocycles. The van der Waals surface area contributed by atoms with Gasteiger partial charge in [0.15, 0.2) is 0 Å². The highest BCUT2D eigenvalue weighted by atomic mass is 19.3. The molecule has 1 unspecified atom stereocenters. The number of hydrogen-bond acceptors (Lipinski definition) is 1. The van der Waals surface area contributed by atoms with E-state index in [2.05, 4.69) is 0 Å². The molecule has 2 N–H and O–H groups in total. The molecule has 0 radical (unpaired) electrons. The van der Waals surface area contributed by atoms with Gasteiger partial charge in [0.1, 0.15) is 0 Å². The fourth-order valence-electron chi connectivity index (χ4n) is 1.79. The van der Waals surface area contributed by atoms with E-state index in [1.54, 1.807) is 0 Å². The van der Waals surface area contributed by atoms with Gasteiger partial charge in [-0.15, -0.1) is 0 Å². The number of rotatable bonds is 4. The number of nitrogens with two attached hydrogens (primary N) is 1. The van der Waals surface area contributed by atoms with E-state index in [1.165, 1.54) is 0 Å². The van der Waals surface area contributed by atoms with Gasteiger partial charge < -0.3 is 5.73 Å². The summed E-state index contributed by atoms with van der Waals surface area (Å²) in [6.45, 7) is 3.62. The van der Waals surface area contributed by atoms with Crippen LogP contribution < -0.4 is 5.73 Å². The zero-order valence-corrected chi connectivity index (χ0v) is 9.08. The van der Waals surface area contributed by atoms with E-state index in [1.807, 2.05) is 44.2 Å². The molecule has 3 heteroatoms. The van der Waals surface area contributed by atoms with Crippen molar-refractivity contribution >= 4 is 0 Å². The number of benzene rings is 1. The Kier molecular flexibility index (Phi) is 3.80. The van der Waals surface area contributed by atoms with Crippen LogP contribution in [0.2, 0.25) is 0 Å². The smallest absolute Gasteiger partial charge is 0.243 e. The Balaban J connectivity index is 3.00. The predicted molar refractivity (Wildman–Crippen MR) is 58.0 cm³/mol. The van der Waals surface area contributed by atoms with Crippen LogP contribution in [0.1, 0.15) is 19.4 Å². The highest BCUT2D eigenvalue weighted by molar-refractivity contribution is 5.24. The second-order valence-electron chi connectivity index (χ2n) is 4.26. The fraction of sp³-hybridized carbons (Fsp3) is 0.500. The van der Waals surface area contributed by atoms with Gasteiger partial charge in [-0.1, -0.05) is 44.2 Å². The van der Waals surface area contributed by atoms with E-state index < -0.39 is 17.8 Å². The first-order chi connectivity index (χ1) is 7.00. The van der Waals surface area contributed by atoms with Gasteiger partial charge in [-0.05, 0) is 11.0 Å². The number of alkyl halides is 2. The lowest BCUT2D eigenvalue weighted by Gasteiger charge is -2.33. The van der Waals surface area contributed by atoms with Crippen molar-refractivity contribution in [3.05, 3.63) is 35.9 Å². The molecule has 1 aromatic carbocycles. The van der Waals surface area contributed by atoms with Gasteiger partial charge in [-0.25, -0.2) is 8.78 Å². The Hall–Kier alpha value is -0.960. The van der Waals surface area contributed by atoms with Crippen LogP contribution in [0.25, 0.3) is 0 Å². The summed E-state index contributed by atoms with van der Waals surface area (Å²) in [6, 6.07) is 9.32. The van der Waals surface area contributed by atoms with Crippen molar-refractivity contribution in [1.29, 1.82) is 0 Å². The van der Waals surface area contributed by atoms with Crippen molar-refractivity contribution in [2.75, 3.05) is 6.54 Å². The van der Waals surface area contributed by atoms with Crippen molar-refractivity contribution < 1.29 is 8.78 Å². The van der Waals surface area contributed by atoms with Gasteiger partial charge in [-0.3, -0.25) is 0 Å². The fourth-order valence-corrected chi connectivity index (χ4v) is 1.79. The monoisotopic (exact) mass is 213 g/mol. The lowest BCUT2D eigenvalue weighted by Crippen LogP contribution is -2.39. The maximum atomic E-state index is 12.8. The largest absolute Gasteiger partial charge is 0.330 e. The average molecular weight is 213 g/mol. The minimum absolute atomic E-state index is 0.000436. The highest BCUT2D eigenvalue weighted by Crippen LogP contribution is 2.34. The molecule has 0 bridgehead atoms. The first kappa shape index (κ1) is 12.1. The minimum Gasteiger partial charge on any atom is -0.330 e. The summed E-state index contributed by atoms with van der Waals surface area (Å²) in [4.78, 5) is 0. The van der Waals surface area contributed by atoms with Crippen molar-refractivity contribution in [2.24, 2.45) is 11.7 Å². The molecule has 0 fully saturated rings. The maximum Gasteiger partial charge on any atom is 0.243 e. The Morgan fingerprint density at radius 2 is 1.73 bits per heavy atom. The van der Waals surface area contributed by atoms with Crippen LogP contribution in [0.3, 0.4) is 0 Å². The molecule has 1 atom stereocenters. The standard InChI is InChI=1S/C12H17F2N/c1-12(2,10(8-15)11(13)14)9-6-4-3-5-7-9/h3-7,10-11H,8,15H2,1-2H3. The van der Waals surface area contributed by atoms with Crippen LogP contribution in [0, 0.1) is 5.92 Å². The van der Waals surface area contributed by atoms with Gasteiger partial charge in [-0.2, -0.15) is 0 Å². The molecule has 1 nitrogen and oxygen atoms in total. The molecule has 0 spiro atoms. The van der Waals surface area contributed by atoms with E-state index >= 15 is 0 Å². The van der Waals surface area contributed by atoms with E-state index in [0.29, 0.717) is 0 Å². The van der Waals surface area contributed by atoms with Gasteiger partial charge in [0.2, 0.25) is 6.43 Å². The molecule has 0 amide bonds. The summed E-state index contributed by atoms with van der Waals surface area (Å²) in [5, 5.41) is 0. The van der Waals surface area contributed by atoms with Crippen LogP contribution in [0.5, 0.6) is 0 Å². The first-order valence-electron chi connectivity index (χ1n) is 5.04. The van der Waals surface area contributed by atoms with E-state index in [-0.39, 0.29) is 6.54 Å². The lowest BCUT2D eigenvalue weighted by molar-refractivity contribution is 0.0434. The molecule has 0 aliphatic heterocycles. The Bertz CT molecular complexity index is 296. The Morgan fingerprint density at radius 3 is 2.13 bits per heavy atom. The van der Waals surface area contributed by atoms with E-state index in [4.69, 9.17) is 5.73 Å². The Labute approximate surface area is 89.3 Å². The number of hydrogen-bond donors (Lipinski definition) is 1. The molecule has 0 aliphatic carbocycles. The summed E-state index contributed by atoms with van der Waals surface area (Å²) in [5.41, 5.74) is 5.73. The molecule has 1 aromatic rings. The van der Waals surface area contributed by atoms with Gasteiger partial charge in [0, 0.05) is 12.5 Å². The van der Waals surface area contributed by atoms with Crippen LogP contribution in [-0.4, -0.2) is 13.0 Å². The second kappa shape index (κ2) is 4.71. The van der Waals surface area contributed by atoms with E-state index in [0.717, 1.165) is 5.56 Å². The van der Waals surface area contributed by atoms with Crippen molar-refractivity contribution in [3.8, 4) is 0 Å². The van der Waals surface area contributed by atoms with Crippen molar-refractivity contribution in [1.82, 2.24) is 0 Å². The van der Waals surface area contributed by atoms with Gasteiger partial charge in [0.25, 0.3) is 0 Å². The normalized spacial score (nSPS) is 14.3. The first-order valence-corrected chi connectivity index (χ1v) is 5.04. The highest BCUT2D eigenvalue weighted by Gasteiger charge is 2.36. The molecule has 0 aromatic heterocycles. The molecule has 0 aliphatic rings. The molecule has 0 saturated carbocycles. The summed E-state index contributed by atoms with van der Waals surface area (Å²) in [5.74, 6) is -0.806. The zero-order valence-electron chi connectivity index (χ0n) is 9.08. The van der Waals surface area contributed by atoms with Gasteiger partial charge >= 0.3 is 0 Å². The third-order valence-electron chi connectivity index (χ3n) is 3.00. The average Bonchev–Trinajstić information content (AvgIpc) is 2.19. The number of halogens is 2. The van der Waals surface area contributed by atoms with Crippen LogP contribution >= 0.6 is 0 Å². The summed E-state index contributed by atoms with van der Waals surface area (Å²) in [6.07, 6.45) is -2.38. The SMILES string of the molecule is CC(C)(c1ccccc1)C(CN)C(F)F. The predicted octanol–water partition coefficient (Wildman–Crippen LogP) is 2.80. The van der Waals surface area contributed by atoms with Gasteiger partial charge in [0.05, 0.1) is 0 Å². The molecular formula is C12H17F2N. The second-order valence-corrected chi connectivity index (χ2v) is 4.26. The topological polar surface area (TPSA) is 26.0 Å². The molecular weight excluding hydrogens is 196 g/mol. The van der Waals surface area contributed by atoms with Crippen LogP contribution in [0.15, 0.2) is 30.3 Å². The molecule has 84 valence electrons. The Morgan fingerprint density at radius 1 is 1.20 bits per heavy atom. The van der Waals surface area contributed by atoms with Crippen molar-refractivity contribution in [3.63, 3.8) is 0 Å². The summed E-state index contributed by atoms with van der Waals surface area (Å²) in [7, 11) is 0. The summed E-state index contributed by atoms with van der Waals surface area (Å²) >= 11 is 0. The zero-order chi connectivity index (χ0) is 11.5. The quantitative estimate of drug-likeness (QED) is 0.817. The molecule has 1 rings (SSSR count). The maximum absolute atomic E-state index is 12.8. The molecule has 15 heavy (non-hydrogen) atoms. The summed E-state index contributed by atoms with van der Waals surface area (Å²) < 4.78 is 25.6. The molecule has 0 heterocycles. The van der Waals surface area contributed by atoms with Crippen molar-refractivity contribution in [2.45, 2.75) is 25.7 Å². The third-order valence-corrected chi connectivity index (χ3v) is 3.00. The lowest BCUT2D eigenvalue weighted by atomic mass is 9.73. The third kappa shape index (κ3) is 2.53.